The molecule has 1 amide bonds. The number of ether oxygens (including phenoxy) is 1. The lowest BCUT2D eigenvalue weighted by molar-refractivity contribution is -0.384. The van der Waals surface area contributed by atoms with Crippen molar-refractivity contribution in [1.29, 1.82) is 0 Å². The highest BCUT2D eigenvalue weighted by molar-refractivity contribution is 7.92. The highest BCUT2D eigenvalue weighted by Gasteiger charge is 2.27. The number of hydrogen-bond donors (Lipinski definition) is 1. The van der Waals surface area contributed by atoms with Gasteiger partial charge in [0.05, 0.1) is 27.8 Å². The third-order valence-corrected chi connectivity index (χ3v) is 6.69. The standard InChI is InChI=1S/C24H24N4O6S/c1-3-34-22-15-13-20(14-16-22)27(35(32,33)23-7-5-4-6-8-23)17-24(29)26-25-18(2)19-9-11-21(12-10-19)28(30)31/h4-16H,3,17H2,1-2H3,(H,26,29)/b25-18-. The maximum absolute atomic E-state index is 13.3. The van der Waals surface area contributed by atoms with Crippen molar-refractivity contribution in [1.82, 2.24) is 5.43 Å². The number of amides is 1. The van der Waals surface area contributed by atoms with Crippen molar-refractivity contribution in [2.75, 3.05) is 17.5 Å². The van der Waals surface area contributed by atoms with Gasteiger partial charge in [0, 0.05) is 12.1 Å². The molecule has 0 saturated heterocycles. The van der Waals surface area contributed by atoms with Crippen LogP contribution >= 0.6 is 0 Å². The summed E-state index contributed by atoms with van der Waals surface area (Å²) in [6.07, 6.45) is 0. The van der Waals surface area contributed by atoms with Crippen LogP contribution in [0.5, 0.6) is 5.75 Å². The van der Waals surface area contributed by atoms with Crippen LogP contribution in [0.3, 0.4) is 0 Å². The van der Waals surface area contributed by atoms with E-state index in [0.29, 0.717) is 23.6 Å². The van der Waals surface area contributed by atoms with Gasteiger partial charge in [-0.3, -0.25) is 19.2 Å². The van der Waals surface area contributed by atoms with Crippen LogP contribution in [-0.4, -0.2) is 38.1 Å². The molecule has 0 bridgehead atoms. The maximum Gasteiger partial charge on any atom is 0.269 e. The Labute approximate surface area is 203 Å². The molecule has 0 saturated carbocycles. The monoisotopic (exact) mass is 496 g/mol. The molecule has 11 heteroatoms. The number of nitrogens with zero attached hydrogens (tertiary/aromatic N) is 3. The van der Waals surface area contributed by atoms with E-state index in [4.69, 9.17) is 4.74 Å². The topological polar surface area (TPSA) is 131 Å². The van der Waals surface area contributed by atoms with Crippen LogP contribution in [0.4, 0.5) is 11.4 Å². The molecular formula is C24H24N4O6S. The lowest BCUT2D eigenvalue weighted by Gasteiger charge is -2.24. The summed E-state index contributed by atoms with van der Waals surface area (Å²) in [4.78, 5) is 23.0. The van der Waals surface area contributed by atoms with Gasteiger partial charge in [-0.2, -0.15) is 5.10 Å². The van der Waals surface area contributed by atoms with Gasteiger partial charge >= 0.3 is 0 Å². The molecule has 0 atom stereocenters. The fourth-order valence-corrected chi connectivity index (χ4v) is 4.55. The first kappa shape index (κ1) is 25.4. The van der Waals surface area contributed by atoms with E-state index in [9.17, 15) is 23.3 Å². The van der Waals surface area contributed by atoms with E-state index in [0.717, 1.165) is 4.31 Å². The number of hydrogen-bond acceptors (Lipinski definition) is 7. The fourth-order valence-electron chi connectivity index (χ4n) is 3.11. The Kier molecular flexibility index (Phi) is 8.16. The minimum atomic E-state index is -4.06. The number of sulfonamides is 1. The summed E-state index contributed by atoms with van der Waals surface area (Å²) in [5.41, 5.74) is 3.53. The van der Waals surface area contributed by atoms with Gasteiger partial charge in [0.15, 0.2) is 0 Å². The Morgan fingerprint density at radius 2 is 1.66 bits per heavy atom. The van der Waals surface area contributed by atoms with Crippen LogP contribution in [0, 0.1) is 10.1 Å². The Balaban J connectivity index is 1.83. The molecule has 1 N–H and O–H groups in total. The van der Waals surface area contributed by atoms with Gasteiger partial charge in [-0.05, 0) is 67.9 Å². The average Bonchev–Trinajstić information content (AvgIpc) is 2.87. The molecule has 3 aromatic rings. The van der Waals surface area contributed by atoms with Crippen molar-refractivity contribution in [2.24, 2.45) is 5.10 Å². The smallest absolute Gasteiger partial charge is 0.269 e. The Bertz CT molecular complexity index is 1310. The molecule has 3 rings (SSSR count). The Hall–Kier alpha value is -4.25. The number of anilines is 1. The molecule has 182 valence electrons. The minimum Gasteiger partial charge on any atom is -0.494 e. The van der Waals surface area contributed by atoms with Crippen molar-refractivity contribution in [3.8, 4) is 5.75 Å². The first-order valence-corrected chi connectivity index (χ1v) is 12.0. The third kappa shape index (κ3) is 6.42. The summed E-state index contributed by atoms with van der Waals surface area (Å²) in [5, 5.41) is 14.8. The number of nitrogens with one attached hydrogen (secondary N) is 1. The van der Waals surface area contributed by atoms with Crippen LogP contribution in [0.1, 0.15) is 19.4 Å². The van der Waals surface area contributed by atoms with Crippen LogP contribution in [0.2, 0.25) is 0 Å². The van der Waals surface area contributed by atoms with E-state index in [2.05, 4.69) is 10.5 Å². The van der Waals surface area contributed by atoms with Crippen molar-refractivity contribution in [2.45, 2.75) is 18.7 Å². The number of benzene rings is 3. The summed E-state index contributed by atoms with van der Waals surface area (Å²) in [6.45, 7) is 3.39. The van der Waals surface area contributed by atoms with Crippen molar-refractivity contribution >= 4 is 33.0 Å². The molecule has 0 spiro atoms. The molecule has 0 radical (unpaired) electrons. The predicted molar refractivity (Wildman–Crippen MR) is 132 cm³/mol. The molecule has 3 aromatic carbocycles. The highest BCUT2D eigenvalue weighted by Crippen LogP contribution is 2.25. The second kappa shape index (κ2) is 11.3. The van der Waals surface area contributed by atoms with Crippen LogP contribution < -0.4 is 14.5 Å². The lowest BCUT2D eigenvalue weighted by Crippen LogP contribution is -2.39. The zero-order valence-corrected chi connectivity index (χ0v) is 19.9. The van der Waals surface area contributed by atoms with E-state index < -0.39 is 27.4 Å². The number of carbonyl (C=O) groups excluding carboxylic acids is 1. The van der Waals surface area contributed by atoms with Gasteiger partial charge < -0.3 is 4.74 Å². The van der Waals surface area contributed by atoms with Crippen LogP contribution in [0.15, 0.2) is 88.9 Å². The minimum absolute atomic E-state index is 0.0345. The van der Waals surface area contributed by atoms with Crippen molar-refractivity contribution < 1.29 is 22.9 Å². The van der Waals surface area contributed by atoms with Crippen molar-refractivity contribution in [3.05, 3.63) is 94.5 Å². The van der Waals surface area contributed by atoms with Crippen LogP contribution in [0.25, 0.3) is 0 Å². The van der Waals surface area contributed by atoms with Crippen molar-refractivity contribution in [3.63, 3.8) is 0 Å². The Morgan fingerprint density at radius 3 is 2.23 bits per heavy atom. The summed E-state index contributed by atoms with van der Waals surface area (Å²) in [7, 11) is -4.06. The maximum atomic E-state index is 13.3. The number of rotatable bonds is 10. The van der Waals surface area contributed by atoms with Gasteiger partial charge in [-0.25, -0.2) is 13.8 Å². The Morgan fingerprint density at radius 1 is 1.03 bits per heavy atom. The number of carbonyl (C=O) groups is 1. The molecule has 0 aromatic heterocycles. The SMILES string of the molecule is CCOc1ccc(N(CC(=O)N/N=C(/C)c2ccc([N+](=O)[O-])cc2)S(=O)(=O)c2ccccc2)cc1. The molecule has 10 nitrogen and oxygen atoms in total. The molecule has 0 aliphatic heterocycles. The molecular weight excluding hydrogens is 472 g/mol. The quantitative estimate of drug-likeness (QED) is 0.258. The van der Waals surface area contributed by atoms with E-state index in [1.165, 1.54) is 36.4 Å². The fraction of sp³-hybridized carbons (Fsp3) is 0.167. The normalized spacial score (nSPS) is 11.5. The largest absolute Gasteiger partial charge is 0.494 e. The van der Waals surface area contributed by atoms with Gasteiger partial charge in [0.25, 0.3) is 21.6 Å². The van der Waals surface area contributed by atoms with E-state index in [1.54, 1.807) is 49.4 Å². The molecule has 0 heterocycles. The zero-order valence-electron chi connectivity index (χ0n) is 19.1. The number of nitro groups is 1. The van der Waals surface area contributed by atoms with Gasteiger partial charge in [-0.1, -0.05) is 18.2 Å². The van der Waals surface area contributed by atoms with Gasteiger partial charge in [0.2, 0.25) is 0 Å². The summed E-state index contributed by atoms with van der Waals surface area (Å²) in [6, 6.07) is 19.8. The predicted octanol–water partition coefficient (Wildman–Crippen LogP) is 3.73. The summed E-state index contributed by atoms with van der Waals surface area (Å²) < 4.78 is 33.1. The second-order valence-corrected chi connectivity index (χ2v) is 9.15. The zero-order chi connectivity index (χ0) is 25.4. The average molecular weight is 497 g/mol. The van der Waals surface area contributed by atoms with E-state index >= 15 is 0 Å². The second-order valence-electron chi connectivity index (χ2n) is 7.29. The van der Waals surface area contributed by atoms with E-state index in [-0.39, 0.29) is 16.3 Å². The molecule has 0 aliphatic rings. The highest BCUT2D eigenvalue weighted by atomic mass is 32.2. The summed E-state index contributed by atoms with van der Waals surface area (Å²) >= 11 is 0. The number of non-ortho nitro benzene ring substituents is 1. The molecule has 0 unspecified atom stereocenters. The molecule has 35 heavy (non-hydrogen) atoms. The molecule has 0 fully saturated rings. The van der Waals surface area contributed by atoms with Gasteiger partial charge in [-0.15, -0.1) is 0 Å². The van der Waals surface area contributed by atoms with E-state index in [1.807, 2.05) is 6.92 Å². The first-order chi connectivity index (χ1) is 16.7. The third-order valence-electron chi connectivity index (χ3n) is 4.90. The van der Waals surface area contributed by atoms with Crippen LogP contribution in [-0.2, 0) is 14.8 Å². The summed E-state index contributed by atoms with van der Waals surface area (Å²) in [5.74, 6) is -0.0965. The molecule has 0 aliphatic carbocycles. The lowest BCUT2D eigenvalue weighted by atomic mass is 10.1. The number of nitro benzene ring substituents is 1. The first-order valence-electron chi connectivity index (χ1n) is 10.6. The number of hydrazone groups is 1. The van der Waals surface area contributed by atoms with Gasteiger partial charge in [0.1, 0.15) is 12.3 Å².